The van der Waals surface area contributed by atoms with Gasteiger partial charge in [0.05, 0.1) is 24.3 Å². The van der Waals surface area contributed by atoms with E-state index in [1.54, 1.807) is 51.1 Å². The number of halogens is 2. The predicted octanol–water partition coefficient (Wildman–Crippen LogP) is 3.55. The first-order valence-electron chi connectivity index (χ1n) is 12.0. The fourth-order valence-electron chi connectivity index (χ4n) is 3.76. The van der Waals surface area contributed by atoms with Crippen LogP contribution >= 0.6 is 31.0 Å². The van der Waals surface area contributed by atoms with Crippen molar-refractivity contribution in [1.82, 2.24) is 24.8 Å². The van der Waals surface area contributed by atoms with Gasteiger partial charge >= 0.3 is 13.6 Å². The van der Waals surface area contributed by atoms with E-state index in [2.05, 4.69) is 20.3 Å². The number of thioether (sulfide) groups is 1. The monoisotopic (exact) mass is 602 g/mol. The Morgan fingerprint density at radius 1 is 1.31 bits per heavy atom. The molecule has 0 saturated carbocycles. The Labute approximate surface area is 233 Å². The number of esters is 1. The summed E-state index contributed by atoms with van der Waals surface area (Å²) in [5, 5.41) is 11.6. The Balaban J connectivity index is 1.48. The Morgan fingerprint density at radius 3 is 2.72 bits per heavy atom. The first kappa shape index (κ1) is 29.5. The number of nitrogens with two attached hydrogens (primary N) is 1. The lowest BCUT2D eigenvalue weighted by Crippen LogP contribution is -2.38. The van der Waals surface area contributed by atoms with Crippen molar-refractivity contribution < 1.29 is 32.6 Å². The van der Waals surface area contributed by atoms with Crippen molar-refractivity contribution in [1.29, 1.82) is 0 Å². The molecule has 0 amide bonds. The average Bonchev–Trinajstić information content (AvgIpc) is 3.42. The number of nitrogens with one attached hydrogen (secondary N) is 1. The Bertz CT molecular complexity index is 1350. The molecular formula is C23H29ClFN6O6PS. The van der Waals surface area contributed by atoms with Gasteiger partial charge in [0.15, 0.2) is 17.6 Å². The van der Waals surface area contributed by atoms with Crippen LogP contribution in [-0.4, -0.2) is 73.2 Å². The Kier molecular flexibility index (Phi) is 9.35. The molecule has 3 aromatic rings. The van der Waals surface area contributed by atoms with Gasteiger partial charge in [-0.3, -0.25) is 19.2 Å². The van der Waals surface area contributed by atoms with Crippen LogP contribution in [0.2, 0.25) is 5.28 Å². The van der Waals surface area contributed by atoms with Crippen molar-refractivity contribution >= 4 is 53.9 Å². The van der Waals surface area contributed by atoms with E-state index in [-0.39, 0.29) is 47.0 Å². The zero-order valence-corrected chi connectivity index (χ0v) is 23.8. The number of aliphatic hydroxyl groups is 1. The van der Waals surface area contributed by atoms with Crippen molar-refractivity contribution in [3.63, 3.8) is 0 Å². The number of anilines is 1. The molecule has 1 unspecified atom stereocenters. The molecule has 6 atom stereocenters. The van der Waals surface area contributed by atoms with Gasteiger partial charge in [-0.2, -0.15) is 9.97 Å². The highest BCUT2D eigenvalue weighted by Crippen LogP contribution is 2.51. The quantitative estimate of drug-likeness (QED) is 0.166. The first-order valence-corrected chi connectivity index (χ1v) is 15.1. The van der Waals surface area contributed by atoms with E-state index in [4.69, 9.17) is 31.1 Å². The van der Waals surface area contributed by atoms with Crippen LogP contribution in [0.4, 0.5) is 10.2 Å². The number of aliphatic hydroxyl groups excluding tert-OH is 1. The van der Waals surface area contributed by atoms with Crippen LogP contribution in [0.25, 0.3) is 11.2 Å². The van der Waals surface area contributed by atoms with Crippen LogP contribution in [-0.2, 0) is 18.6 Å². The van der Waals surface area contributed by atoms with Gasteiger partial charge in [0.2, 0.25) is 5.28 Å². The molecule has 39 heavy (non-hydrogen) atoms. The maximum atomic E-state index is 15.3. The summed E-state index contributed by atoms with van der Waals surface area (Å²) in [5.41, 5.74) is 6.31. The number of fused-ring (bicyclic) bond motifs is 1. The van der Waals surface area contributed by atoms with Gasteiger partial charge in [-0.25, -0.2) is 13.9 Å². The number of aromatic nitrogens is 4. The van der Waals surface area contributed by atoms with Crippen molar-refractivity contribution in [3.05, 3.63) is 41.9 Å². The third-order valence-electron chi connectivity index (χ3n) is 5.71. The van der Waals surface area contributed by atoms with E-state index in [9.17, 15) is 14.5 Å². The number of nitrogens with zero attached hydrogens (tertiary/aromatic N) is 4. The predicted molar refractivity (Wildman–Crippen MR) is 145 cm³/mol. The van der Waals surface area contributed by atoms with E-state index in [0.29, 0.717) is 0 Å². The molecule has 3 heterocycles. The molecule has 1 aromatic carbocycles. The van der Waals surface area contributed by atoms with Crippen LogP contribution in [0.1, 0.15) is 26.1 Å². The molecular weight excluding hydrogens is 574 g/mol. The van der Waals surface area contributed by atoms with E-state index >= 15 is 4.39 Å². The van der Waals surface area contributed by atoms with E-state index in [1.807, 2.05) is 0 Å². The van der Waals surface area contributed by atoms with Crippen LogP contribution in [0.5, 0.6) is 5.75 Å². The second-order valence-electron chi connectivity index (χ2n) is 9.08. The standard InChI is InChI=1S/C23H29ClFN6O6PS/c1-12(2)36-22(33)13(3)28-11-38(34,37-14-7-5-4-6-8-14)35-9-15-18(32)16(25)21(39-15)31-10-27-17-19(26)29-23(24)30-20(17)31/h4-8,10,12-13,15-16,18,21,28,32H,9,11H2,1-3H3,(H2,26,29,30)/t13-,15+,16-,18+,21+,38?/m0/s1. The van der Waals surface area contributed by atoms with E-state index in [1.165, 1.54) is 10.9 Å². The van der Waals surface area contributed by atoms with Crippen molar-refractivity contribution in [2.75, 3.05) is 18.6 Å². The second-order valence-corrected chi connectivity index (χ2v) is 12.8. The minimum atomic E-state index is -3.94. The van der Waals surface area contributed by atoms with Crippen molar-refractivity contribution in [2.45, 2.75) is 55.8 Å². The number of rotatable bonds is 11. The summed E-state index contributed by atoms with van der Waals surface area (Å²) in [6.45, 7) is 4.68. The van der Waals surface area contributed by atoms with Gasteiger partial charge in [0.25, 0.3) is 0 Å². The van der Waals surface area contributed by atoms with Crippen LogP contribution in [0, 0.1) is 0 Å². The number of nitrogen functional groups attached to an aromatic ring is 1. The Hall–Kier alpha value is -2.48. The minimum absolute atomic E-state index is 0.0422. The molecule has 0 radical (unpaired) electrons. The molecule has 212 valence electrons. The molecule has 12 nitrogen and oxygen atoms in total. The van der Waals surface area contributed by atoms with Gasteiger partial charge < -0.3 is 20.1 Å². The van der Waals surface area contributed by atoms with Crippen LogP contribution in [0.3, 0.4) is 0 Å². The minimum Gasteiger partial charge on any atom is -0.462 e. The number of ether oxygens (including phenoxy) is 1. The summed E-state index contributed by atoms with van der Waals surface area (Å²) < 4.78 is 47.0. The summed E-state index contributed by atoms with van der Waals surface area (Å²) in [7, 11) is -3.94. The van der Waals surface area contributed by atoms with E-state index in [0.717, 1.165) is 11.8 Å². The summed E-state index contributed by atoms with van der Waals surface area (Å²) in [6, 6.07) is 7.56. The lowest BCUT2D eigenvalue weighted by atomic mass is 10.1. The summed E-state index contributed by atoms with van der Waals surface area (Å²) in [6.07, 6.45) is -2.52. The molecule has 4 rings (SSSR count). The number of alkyl halides is 1. The largest absolute Gasteiger partial charge is 0.462 e. The molecule has 4 N–H and O–H groups in total. The SMILES string of the molecule is CC(C)OC(=O)[C@H](C)NCP(=O)(OC[C@H]1S[C@@H](n2cnc3c(N)nc(Cl)nc32)[C@@H](F)[C@@H]1O)Oc1ccccc1. The molecule has 0 aliphatic carbocycles. The van der Waals surface area contributed by atoms with Gasteiger partial charge in [-0.1, -0.05) is 18.2 Å². The third kappa shape index (κ3) is 7.00. The molecule has 2 aromatic heterocycles. The van der Waals surface area contributed by atoms with Gasteiger partial charge in [0, 0.05) is 0 Å². The molecule has 1 fully saturated rings. The van der Waals surface area contributed by atoms with Crippen LogP contribution < -0.4 is 15.6 Å². The molecule has 1 aliphatic rings. The van der Waals surface area contributed by atoms with E-state index < -0.39 is 42.5 Å². The first-order chi connectivity index (χ1) is 18.5. The number of benzene rings is 1. The second kappa shape index (κ2) is 12.4. The van der Waals surface area contributed by atoms with Crippen molar-refractivity contribution in [2.24, 2.45) is 0 Å². The van der Waals surface area contributed by atoms with Gasteiger partial charge in [-0.15, -0.1) is 11.8 Å². The maximum absolute atomic E-state index is 15.3. The summed E-state index contributed by atoms with van der Waals surface area (Å²) in [5.74, 6) is -0.209. The fourth-order valence-corrected chi connectivity index (χ4v) is 6.98. The third-order valence-corrected chi connectivity index (χ3v) is 9.01. The molecule has 16 heteroatoms. The zero-order valence-electron chi connectivity index (χ0n) is 21.3. The number of hydrogen-bond donors (Lipinski definition) is 3. The molecule has 1 aliphatic heterocycles. The lowest BCUT2D eigenvalue weighted by molar-refractivity contribution is -0.149. The summed E-state index contributed by atoms with van der Waals surface area (Å²) in [4.78, 5) is 24.3. The number of carbonyl (C=O) groups excluding carboxylic acids is 1. The topological polar surface area (TPSA) is 164 Å². The Morgan fingerprint density at radius 2 is 2.03 bits per heavy atom. The van der Waals surface area contributed by atoms with Gasteiger partial charge in [0.1, 0.15) is 35.1 Å². The lowest BCUT2D eigenvalue weighted by Gasteiger charge is -2.24. The van der Waals surface area contributed by atoms with Crippen molar-refractivity contribution in [3.8, 4) is 5.75 Å². The smallest absolute Gasteiger partial charge is 0.392 e. The molecule has 0 spiro atoms. The number of hydrogen-bond acceptors (Lipinski definition) is 12. The number of imidazole rings is 1. The number of carbonyl (C=O) groups is 1. The maximum Gasteiger partial charge on any atom is 0.392 e. The summed E-state index contributed by atoms with van der Waals surface area (Å²) >= 11 is 6.97. The fraction of sp³-hybridized carbons (Fsp3) is 0.478. The molecule has 0 bridgehead atoms. The highest BCUT2D eigenvalue weighted by Gasteiger charge is 2.46. The molecule has 1 saturated heterocycles. The zero-order chi connectivity index (χ0) is 28.3. The normalized spacial score (nSPS) is 23.6. The van der Waals surface area contributed by atoms with Crippen LogP contribution in [0.15, 0.2) is 36.7 Å². The average molecular weight is 603 g/mol. The van der Waals surface area contributed by atoms with Gasteiger partial charge in [-0.05, 0) is 44.5 Å². The highest BCUT2D eigenvalue weighted by atomic mass is 35.5. The number of para-hydroxylation sites is 1. The highest BCUT2D eigenvalue weighted by molar-refractivity contribution is 8.00.